The topological polar surface area (TPSA) is 29.6 Å². The van der Waals surface area contributed by atoms with Crippen molar-refractivity contribution < 1.29 is 0 Å². The molecule has 1 heterocycles. The molecule has 0 N–H and O–H groups in total. The predicted molar refractivity (Wildman–Crippen MR) is 107 cm³/mol. The van der Waals surface area contributed by atoms with Crippen molar-refractivity contribution in [3.05, 3.63) is 65.3 Å². The molecule has 1 fully saturated rings. The Hall–Kier alpha value is -2.46. The molecule has 0 bridgehead atoms. The second-order valence-electron chi connectivity index (χ2n) is 6.24. The first-order valence-electron chi connectivity index (χ1n) is 8.73. The van der Waals surface area contributed by atoms with E-state index >= 15 is 0 Å². The lowest BCUT2D eigenvalue weighted by Crippen LogP contribution is -2.14. The quantitative estimate of drug-likeness (QED) is 0.578. The van der Waals surface area contributed by atoms with Crippen molar-refractivity contribution in [1.82, 2.24) is 4.68 Å². The fourth-order valence-corrected chi connectivity index (χ4v) is 4.14. The van der Waals surface area contributed by atoms with Crippen LogP contribution in [0.15, 0.2) is 70.6 Å². The van der Waals surface area contributed by atoms with Crippen LogP contribution in [-0.2, 0) is 0 Å². The van der Waals surface area contributed by atoms with Crippen LogP contribution in [-0.4, -0.2) is 16.9 Å². The first kappa shape index (κ1) is 16.0. The van der Waals surface area contributed by atoms with Crippen LogP contribution < -0.4 is 4.80 Å². The maximum atomic E-state index is 4.97. The summed E-state index contributed by atoms with van der Waals surface area (Å²) < 4.78 is 2.04. The van der Waals surface area contributed by atoms with E-state index in [0.29, 0.717) is 6.54 Å². The highest BCUT2D eigenvalue weighted by atomic mass is 32.1. The zero-order chi connectivity index (χ0) is 17.1. The Balaban J connectivity index is 1.93. The molecule has 0 radical (unpaired) electrons. The molecule has 1 saturated carbocycles. The lowest BCUT2D eigenvalue weighted by molar-refractivity contribution is 0.828. The molecule has 25 heavy (non-hydrogen) atoms. The maximum absolute atomic E-state index is 4.97. The van der Waals surface area contributed by atoms with Gasteiger partial charge in [-0.25, -0.2) is 4.68 Å². The zero-order valence-corrected chi connectivity index (χ0v) is 15.0. The zero-order valence-electron chi connectivity index (χ0n) is 14.2. The highest BCUT2D eigenvalue weighted by Crippen LogP contribution is 2.29. The molecule has 1 aromatic heterocycles. The van der Waals surface area contributed by atoms with Gasteiger partial charge in [-0.1, -0.05) is 48.5 Å². The summed E-state index contributed by atoms with van der Waals surface area (Å²) in [5.41, 5.74) is 3.60. The van der Waals surface area contributed by atoms with Gasteiger partial charge in [0.25, 0.3) is 0 Å². The summed E-state index contributed by atoms with van der Waals surface area (Å²) in [7, 11) is 0. The number of hydrogen-bond donors (Lipinski definition) is 0. The molecule has 0 aliphatic heterocycles. The molecule has 2 aromatic carbocycles. The minimum atomic E-state index is 0.611. The van der Waals surface area contributed by atoms with Gasteiger partial charge in [0.15, 0.2) is 0 Å². The summed E-state index contributed by atoms with van der Waals surface area (Å²) >= 11 is 1.64. The second kappa shape index (κ2) is 7.19. The number of fused-ring (bicyclic) bond motifs is 1. The van der Waals surface area contributed by atoms with Crippen LogP contribution in [0.4, 0.5) is 0 Å². The highest BCUT2D eigenvalue weighted by molar-refractivity contribution is 7.07. The Bertz CT molecular complexity index is 994. The Labute approximate surface area is 151 Å². The molecule has 4 rings (SSSR count). The van der Waals surface area contributed by atoms with Crippen molar-refractivity contribution in [3.63, 3.8) is 0 Å². The molecule has 4 heteroatoms. The minimum Gasteiger partial charge on any atom is -0.253 e. The van der Waals surface area contributed by atoms with E-state index in [4.69, 9.17) is 5.10 Å². The van der Waals surface area contributed by atoms with Gasteiger partial charge in [0.1, 0.15) is 0 Å². The fraction of sp³-hybridized carbons (Fsp3) is 0.238. The van der Waals surface area contributed by atoms with Gasteiger partial charge in [-0.15, -0.1) is 17.9 Å². The molecule has 3 nitrogen and oxygen atoms in total. The van der Waals surface area contributed by atoms with Gasteiger partial charge in [-0.05, 0) is 36.5 Å². The average Bonchev–Trinajstić information content (AvgIpc) is 3.30. The first-order valence-corrected chi connectivity index (χ1v) is 9.61. The van der Waals surface area contributed by atoms with Gasteiger partial charge in [0.05, 0.1) is 12.2 Å². The summed E-state index contributed by atoms with van der Waals surface area (Å²) in [6, 6.07) is 14.9. The molecule has 0 spiro atoms. The summed E-state index contributed by atoms with van der Waals surface area (Å²) in [4.78, 5) is 5.58. The monoisotopic (exact) mass is 347 g/mol. The van der Waals surface area contributed by atoms with Crippen LogP contribution in [0.1, 0.15) is 25.7 Å². The van der Waals surface area contributed by atoms with Gasteiger partial charge < -0.3 is 0 Å². The number of rotatable bonds is 4. The average molecular weight is 347 g/mol. The van der Waals surface area contributed by atoms with E-state index in [1.807, 2.05) is 10.8 Å². The molecular formula is C21H21N3S. The summed E-state index contributed by atoms with van der Waals surface area (Å²) in [6.07, 6.45) is 6.50. The molecule has 126 valence electrons. The van der Waals surface area contributed by atoms with E-state index in [1.54, 1.807) is 11.3 Å². The van der Waals surface area contributed by atoms with E-state index in [0.717, 1.165) is 23.3 Å². The fourth-order valence-electron chi connectivity index (χ4n) is 3.31. The second-order valence-corrected chi connectivity index (χ2v) is 7.08. The number of aromatic nitrogens is 1. The van der Waals surface area contributed by atoms with E-state index in [9.17, 15) is 0 Å². The van der Waals surface area contributed by atoms with Crippen LogP contribution in [0.3, 0.4) is 0 Å². The van der Waals surface area contributed by atoms with Gasteiger partial charge in [-0.2, -0.15) is 5.10 Å². The van der Waals surface area contributed by atoms with E-state index in [1.165, 1.54) is 34.9 Å². The predicted octanol–water partition coefficient (Wildman–Crippen LogP) is 5.23. The van der Waals surface area contributed by atoms with Crippen molar-refractivity contribution in [2.45, 2.75) is 25.7 Å². The van der Waals surface area contributed by atoms with Crippen molar-refractivity contribution in [3.8, 4) is 11.3 Å². The molecule has 1 aliphatic rings. The summed E-state index contributed by atoms with van der Waals surface area (Å²) in [5.74, 6) is 0. The van der Waals surface area contributed by atoms with Gasteiger partial charge in [0, 0.05) is 16.7 Å². The minimum absolute atomic E-state index is 0.611. The number of thiazole rings is 1. The van der Waals surface area contributed by atoms with Crippen molar-refractivity contribution in [2.24, 2.45) is 10.1 Å². The smallest absolute Gasteiger partial charge is 0.206 e. The van der Waals surface area contributed by atoms with E-state index < -0.39 is 0 Å². The standard InChI is InChI=1S/C21H21N3S/c1-2-14-22-21-24(23-17-10-4-5-11-17)20(15-25-21)19-13-7-9-16-8-3-6-12-18(16)19/h2-3,6-9,12-13,15H,1,4-5,10-11,14H2. The normalized spacial score (nSPS) is 15.0. The van der Waals surface area contributed by atoms with Crippen LogP contribution in [0.25, 0.3) is 22.0 Å². The Kier molecular flexibility index (Phi) is 4.61. The molecule has 0 atom stereocenters. The van der Waals surface area contributed by atoms with Crippen LogP contribution in [0.2, 0.25) is 0 Å². The van der Waals surface area contributed by atoms with Gasteiger partial charge in [0.2, 0.25) is 4.80 Å². The van der Waals surface area contributed by atoms with Gasteiger partial charge in [-0.3, -0.25) is 4.99 Å². The maximum Gasteiger partial charge on any atom is 0.206 e. The molecule has 0 unspecified atom stereocenters. The van der Waals surface area contributed by atoms with Crippen LogP contribution in [0, 0.1) is 0 Å². The number of hydrogen-bond acceptors (Lipinski definition) is 3. The Morgan fingerprint density at radius 1 is 1.08 bits per heavy atom. The van der Waals surface area contributed by atoms with Crippen molar-refractivity contribution >= 4 is 27.8 Å². The van der Waals surface area contributed by atoms with E-state index in [-0.39, 0.29) is 0 Å². The molecule has 1 aliphatic carbocycles. The Morgan fingerprint density at radius 2 is 1.88 bits per heavy atom. The van der Waals surface area contributed by atoms with Crippen molar-refractivity contribution in [1.29, 1.82) is 0 Å². The number of nitrogens with zero attached hydrogens (tertiary/aromatic N) is 3. The Morgan fingerprint density at radius 3 is 2.72 bits per heavy atom. The molecule has 0 saturated heterocycles. The van der Waals surface area contributed by atoms with Crippen LogP contribution in [0.5, 0.6) is 0 Å². The lowest BCUT2D eigenvalue weighted by Gasteiger charge is -2.08. The lowest BCUT2D eigenvalue weighted by atomic mass is 10.0. The van der Waals surface area contributed by atoms with Gasteiger partial charge >= 0.3 is 0 Å². The van der Waals surface area contributed by atoms with Crippen LogP contribution >= 0.6 is 11.3 Å². The SMILES string of the molecule is C=CCN=c1scc(-c2cccc3ccccc23)n1N=C1CCCC1. The molecule has 0 amide bonds. The number of benzene rings is 2. The highest BCUT2D eigenvalue weighted by Gasteiger charge is 2.13. The third kappa shape index (κ3) is 3.22. The third-order valence-electron chi connectivity index (χ3n) is 4.53. The largest absolute Gasteiger partial charge is 0.253 e. The van der Waals surface area contributed by atoms with E-state index in [2.05, 4.69) is 59.4 Å². The summed E-state index contributed by atoms with van der Waals surface area (Å²) in [5, 5.41) is 9.63. The molecule has 3 aromatic rings. The first-order chi connectivity index (χ1) is 12.4. The van der Waals surface area contributed by atoms with Crippen molar-refractivity contribution in [2.75, 3.05) is 6.54 Å². The summed E-state index contributed by atoms with van der Waals surface area (Å²) in [6.45, 7) is 4.39. The molecular weight excluding hydrogens is 326 g/mol. The third-order valence-corrected chi connectivity index (χ3v) is 5.38.